The highest BCUT2D eigenvalue weighted by atomic mass is 32.2. The van der Waals surface area contributed by atoms with E-state index in [2.05, 4.69) is 9.97 Å². The van der Waals surface area contributed by atoms with Crippen LogP contribution in [0.5, 0.6) is 11.5 Å². The molecular weight excluding hydrogens is 511 g/mol. The largest absolute Gasteiger partial charge is 0.493 e. The van der Waals surface area contributed by atoms with Crippen molar-refractivity contribution in [2.45, 2.75) is 19.1 Å². The third-order valence-corrected chi connectivity index (χ3v) is 6.66. The fourth-order valence-electron chi connectivity index (χ4n) is 4.21. The molecule has 0 saturated heterocycles. The number of sulfone groups is 1. The number of methoxy groups -OCH3 is 1. The van der Waals surface area contributed by atoms with Crippen molar-refractivity contribution in [1.82, 2.24) is 14.5 Å². The Balaban J connectivity index is 1.89. The zero-order chi connectivity index (χ0) is 27.0. The Bertz CT molecular complexity index is 1610. The van der Waals surface area contributed by atoms with E-state index < -0.39 is 39.1 Å². The van der Waals surface area contributed by atoms with Gasteiger partial charge in [-0.2, -0.15) is 13.2 Å². The molecule has 196 valence electrons. The van der Waals surface area contributed by atoms with Crippen molar-refractivity contribution in [2.24, 2.45) is 0 Å². The third-order valence-electron chi connectivity index (χ3n) is 5.74. The summed E-state index contributed by atoms with van der Waals surface area (Å²) in [5.41, 5.74) is -0.734. The molecule has 0 amide bonds. The van der Waals surface area contributed by atoms with Gasteiger partial charge in [0.25, 0.3) is 0 Å². The third kappa shape index (κ3) is 5.48. The summed E-state index contributed by atoms with van der Waals surface area (Å²) in [5.74, 6) is 0.368. The van der Waals surface area contributed by atoms with Gasteiger partial charge in [-0.1, -0.05) is 24.3 Å². The molecule has 8 nitrogen and oxygen atoms in total. The molecule has 1 N–H and O–H groups in total. The lowest BCUT2D eigenvalue weighted by Gasteiger charge is -2.20. The summed E-state index contributed by atoms with van der Waals surface area (Å²) in [6, 6.07) is 10.3. The number of nitrogens with zero attached hydrogens (tertiary/aromatic N) is 2. The van der Waals surface area contributed by atoms with E-state index in [1.807, 2.05) is 0 Å². The maximum Gasteiger partial charge on any atom is 0.417 e. The van der Waals surface area contributed by atoms with Gasteiger partial charge in [0.2, 0.25) is 0 Å². The predicted octanol–water partition coefficient (Wildman–Crippen LogP) is 4.45. The van der Waals surface area contributed by atoms with Gasteiger partial charge in [-0.25, -0.2) is 18.2 Å². The van der Waals surface area contributed by atoms with Crippen LogP contribution in [0.2, 0.25) is 0 Å². The van der Waals surface area contributed by atoms with Crippen LogP contribution in [-0.4, -0.2) is 48.7 Å². The molecule has 2 heterocycles. The predicted molar refractivity (Wildman–Crippen MR) is 133 cm³/mol. The Morgan fingerprint density at radius 3 is 2.49 bits per heavy atom. The molecule has 4 aromatic rings. The summed E-state index contributed by atoms with van der Waals surface area (Å²) in [4.78, 5) is 20.0. The summed E-state index contributed by atoms with van der Waals surface area (Å²) in [6.45, 7) is 2.11. The molecule has 0 aliphatic carbocycles. The van der Waals surface area contributed by atoms with Crippen molar-refractivity contribution in [3.8, 4) is 22.6 Å². The normalized spacial score (nSPS) is 13.0. The van der Waals surface area contributed by atoms with Gasteiger partial charge in [0.15, 0.2) is 17.1 Å². The van der Waals surface area contributed by atoms with Gasteiger partial charge in [-0.3, -0.25) is 4.57 Å². The van der Waals surface area contributed by atoms with E-state index in [1.165, 1.54) is 42.1 Å². The van der Waals surface area contributed by atoms with E-state index in [9.17, 15) is 26.4 Å². The molecule has 37 heavy (non-hydrogen) atoms. The van der Waals surface area contributed by atoms with Crippen molar-refractivity contribution in [1.29, 1.82) is 0 Å². The molecule has 0 aliphatic rings. The monoisotopic (exact) mass is 535 g/mol. The SMILES string of the molecule is CCOc1cc([C@@H](CS(C)(=O)=O)n2c(=O)[nH]c3cc(-c4ccccc4C(F)(F)F)cnc32)ccc1OC. The fourth-order valence-corrected chi connectivity index (χ4v) is 5.12. The van der Waals surface area contributed by atoms with Gasteiger partial charge in [-0.15, -0.1) is 0 Å². The number of rotatable bonds is 8. The molecule has 0 bridgehead atoms. The number of alkyl halides is 3. The van der Waals surface area contributed by atoms with Crippen molar-refractivity contribution in [3.63, 3.8) is 0 Å². The van der Waals surface area contributed by atoms with E-state index in [4.69, 9.17) is 9.47 Å². The molecule has 2 aromatic heterocycles. The van der Waals surface area contributed by atoms with Gasteiger partial charge >= 0.3 is 11.9 Å². The van der Waals surface area contributed by atoms with E-state index in [0.29, 0.717) is 23.7 Å². The fraction of sp³-hybridized carbons (Fsp3) is 0.280. The molecule has 0 unspecified atom stereocenters. The number of nitrogens with one attached hydrogen (secondary N) is 1. The van der Waals surface area contributed by atoms with E-state index >= 15 is 0 Å². The summed E-state index contributed by atoms with van der Waals surface area (Å²) in [5, 5.41) is 0. The number of hydrogen-bond acceptors (Lipinski definition) is 6. The van der Waals surface area contributed by atoms with Crippen LogP contribution in [0.3, 0.4) is 0 Å². The van der Waals surface area contributed by atoms with Gasteiger partial charge < -0.3 is 14.5 Å². The van der Waals surface area contributed by atoms with Crippen LogP contribution in [0.25, 0.3) is 22.3 Å². The number of halogens is 3. The first-order valence-corrected chi connectivity index (χ1v) is 13.2. The van der Waals surface area contributed by atoms with Crippen LogP contribution in [0, 0.1) is 0 Å². The highest BCUT2D eigenvalue weighted by Gasteiger charge is 2.33. The number of pyridine rings is 1. The van der Waals surface area contributed by atoms with Crippen molar-refractivity contribution < 1.29 is 31.1 Å². The molecule has 0 saturated carbocycles. The van der Waals surface area contributed by atoms with E-state index in [0.717, 1.165) is 12.3 Å². The van der Waals surface area contributed by atoms with Crippen LogP contribution in [-0.2, 0) is 16.0 Å². The lowest BCUT2D eigenvalue weighted by molar-refractivity contribution is -0.137. The second-order valence-electron chi connectivity index (χ2n) is 8.39. The second-order valence-corrected chi connectivity index (χ2v) is 10.6. The molecular formula is C25H24F3N3O5S. The van der Waals surface area contributed by atoms with Crippen molar-refractivity contribution >= 4 is 21.0 Å². The summed E-state index contributed by atoms with van der Waals surface area (Å²) >= 11 is 0. The van der Waals surface area contributed by atoms with E-state index in [-0.39, 0.29) is 22.3 Å². The maximum absolute atomic E-state index is 13.6. The number of imidazole rings is 1. The lowest BCUT2D eigenvalue weighted by Crippen LogP contribution is -2.28. The first-order valence-electron chi connectivity index (χ1n) is 11.2. The molecule has 1 atom stereocenters. The van der Waals surface area contributed by atoms with Gasteiger partial charge in [0, 0.05) is 18.0 Å². The Kier molecular flexibility index (Phi) is 7.05. The average Bonchev–Trinajstić information content (AvgIpc) is 3.16. The van der Waals surface area contributed by atoms with Crippen LogP contribution >= 0.6 is 0 Å². The Morgan fingerprint density at radius 2 is 1.84 bits per heavy atom. The van der Waals surface area contributed by atoms with Crippen LogP contribution in [0.15, 0.2) is 59.5 Å². The molecule has 0 spiro atoms. The number of hydrogen-bond donors (Lipinski definition) is 1. The van der Waals surface area contributed by atoms with Crippen molar-refractivity contribution in [3.05, 3.63) is 76.3 Å². The molecule has 0 radical (unpaired) electrons. The Morgan fingerprint density at radius 1 is 1.11 bits per heavy atom. The minimum Gasteiger partial charge on any atom is -0.493 e. The zero-order valence-electron chi connectivity index (χ0n) is 20.2. The molecule has 4 rings (SSSR count). The molecule has 12 heteroatoms. The number of aromatic nitrogens is 3. The van der Waals surface area contributed by atoms with Crippen LogP contribution in [0.4, 0.5) is 13.2 Å². The summed E-state index contributed by atoms with van der Waals surface area (Å²) in [6.07, 6.45) is -2.31. The number of benzene rings is 2. The standard InChI is InChI=1S/C25H24F3N3O5S/c1-4-36-22-12-15(9-10-21(22)35-2)20(14-37(3,33)34)31-23-19(30-24(31)32)11-16(13-29-23)17-7-5-6-8-18(17)25(26,27)28/h5-13,20H,4,14H2,1-3H3,(H,30,32)/t20-/m1/s1. The maximum atomic E-state index is 13.6. The zero-order valence-corrected chi connectivity index (χ0v) is 21.0. The van der Waals surface area contributed by atoms with Crippen LogP contribution < -0.4 is 15.2 Å². The lowest BCUT2D eigenvalue weighted by atomic mass is 10.0. The highest BCUT2D eigenvalue weighted by Crippen LogP contribution is 2.38. The number of H-pyrrole nitrogens is 1. The average molecular weight is 536 g/mol. The Hall–Kier alpha value is -3.80. The molecule has 0 aliphatic heterocycles. The van der Waals surface area contributed by atoms with Gasteiger partial charge in [0.05, 0.1) is 36.6 Å². The molecule has 0 fully saturated rings. The summed E-state index contributed by atoms with van der Waals surface area (Å²) in [7, 11) is -2.13. The highest BCUT2D eigenvalue weighted by molar-refractivity contribution is 7.90. The van der Waals surface area contributed by atoms with Crippen LogP contribution in [0.1, 0.15) is 24.1 Å². The quantitative estimate of drug-likeness (QED) is 0.358. The van der Waals surface area contributed by atoms with Gasteiger partial charge in [0.1, 0.15) is 9.84 Å². The number of fused-ring (bicyclic) bond motifs is 1. The minimum absolute atomic E-state index is 0.0952. The minimum atomic E-state index is -4.59. The number of ether oxygens (including phenoxy) is 2. The number of aromatic amines is 1. The molecule has 2 aromatic carbocycles. The Labute approximate surface area is 210 Å². The second kappa shape index (κ2) is 9.92. The summed E-state index contributed by atoms with van der Waals surface area (Å²) < 4.78 is 77.5. The first-order chi connectivity index (χ1) is 17.4. The topological polar surface area (TPSA) is 103 Å². The van der Waals surface area contributed by atoms with Crippen molar-refractivity contribution in [2.75, 3.05) is 25.7 Å². The van der Waals surface area contributed by atoms with E-state index in [1.54, 1.807) is 25.1 Å². The smallest absolute Gasteiger partial charge is 0.417 e. The first kappa shape index (κ1) is 26.3. The van der Waals surface area contributed by atoms with Gasteiger partial charge in [-0.05, 0) is 42.3 Å².